The van der Waals surface area contributed by atoms with Crippen LogP contribution in [0.3, 0.4) is 0 Å². The van der Waals surface area contributed by atoms with E-state index in [1.165, 1.54) is 21.1 Å². The lowest BCUT2D eigenvalue weighted by Crippen LogP contribution is -2.45. The van der Waals surface area contributed by atoms with Gasteiger partial charge in [-0.05, 0) is 31.4 Å². The van der Waals surface area contributed by atoms with Crippen molar-refractivity contribution in [2.75, 3.05) is 37.6 Å². The number of rotatable bonds is 6. The van der Waals surface area contributed by atoms with E-state index in [0.717, 1.165) is 44.8 Å². The molecule has 5 nitrogen and oxygen atoms in total. The normalized spacial score (nSPS) is 15.3. The van der Waals surface area contributed by atoms with Gasteiger partial charge in [0.05, 0.1) is 5.69 Å². The second-order valence-corrected chi connectivity index (χ2v) is 8.13. The van der Waals surface area contributed by atoms with Gasteiger partial charge >= 0.3 is 0 Å². The summed E-state index contributed by atoms with van der Waals surface area (Å²) in [6.45, 7) is 11.7. The highest BCUT2D eigenvalue weighted by molar-refractivity contribution is 7.15. The Bertz CT molecular complexity index is 713. The third kappa shape index (κ3) is 5.05. The lowest BCUT2D eigenvalue weighted by Gasteiger charge is -2.34. The molecule has 1 saturated heterocycles. The molecule has 1 N–H and O–H groups in total. The number of hydrogen-bond donors (Lipinski definition) is 1. The van der Waals surface area contributed by atoms with Crippen molar-refractivity contribution in [3.05, 3.63) is 46.0 Å². The van der Waals surface area contributed by atoms with E-state index in [-0.39, 0.29) is 5.91 Å². The number of hydrogen-bond acceptors (Lipinski definition) is 5. The molecule has 26 heavy (non-hydrogen) atoms. The first-order valence-corrected chi connectivity index (χ1v) is 10.1. The van der Waals surface area contributed by atoms with Gasteiger partial charge < -0.3 is 10.2 Å². The van der Waals surface area contributed by atoms with Gasteiger partial charge in [0.25, 0.3) is 0 Å². The molecule has 1 aliphatic rings. The largest absolute Gasteiger partial charge is 0.356 e. The van der Waals surface area contributed by atoms with E-state index in [2.05, 4.69) is 58.2 Å². The quantitative estimate of drug-likeness (QED) is 0.847. The Kier molecular flexibility index (Phi) is 6.27. The van der Waals surface area contributed by atoms with Crippen molar-refractivity contribution in [1.82, 2.24) is 15.2 Å². The monoisotopic (exact) mass is 372 g/mol. The first-order chi connectivity index (χ1) is 12.5. The van der Waals surface area contributed by atoms with Gasteiger partial charge in [0.15, 0.2) is 5.13 Å². The maximum atomic E-state index is 10.9. The smallest absolute Gasteiger partial charge is 0.216 e. The molecule has 0 unspecified atom stereocenters. The van der Waals surface area contributed by atoms with E-state index in [4.69, 9.17) is 0 Å². The number of nitrogens with zero attached hydrogens (tertiary/aromatic N) is 3. The average molecular weight is 373 g/mol. The summed E-state index contributed by atoms with van der Waals surface area (Å²) in [5.74, 6) is 0.0313. The fourth-order valence-electron chi connectivity index (χ4n) is 3.14. The molecule has 0 spiro atoms. The van der Waals surface area contributed by atoms with E-state index in [0.29, 0.717) is 6.54 Å². The number of aromatic nitrogens is 1. The minimum absolute atomic E-state index is 0.0313. The van der Waals surface area contributed by atoms with Crippen molar-refractivity contribution in [3.63, 3.8) is 0 Å². The second-order valence-electron chi connectivity index (χ2n) is 6.95. The minimum atomic E-state index is 0.0313. The van der Waals surface area contributed by atoms with Crippen LogP contribution < -0.4 is 10.2 Å². The number of anilines is 1. The predicted octanol–water partition coefficient (Wildman–Crippen LogP) is 2.76. The van der Waals surface area contributed by atoms with Crippen molar-refractivity contribution in [3.8, 4) is 0 Å². The molecule has 0 saturated carbocycles. The van der Waals surface area contributed by atoms with Crippen LogP contribution in [0.1, 0.15) is 28.6 Å². The maximum absolute atomic E-state index is 10.9. The fraction of sp³-hybridized carbons (Fsp3) is 0.500. The lowest BCUT2D eigenvalue weighted by molar-refractivity contribution is -0.118. The molecular weight excluding hydrogens is 344 g/mol. The third-order valence-electron chi connectivity index (χ3n) is 4.88. The van der Waals surface area contributed by atoms with E-state index < -0.39 is 0 Å². The number of carbonyl (C=O) groups is 1. The van der Waals surface area contributed by atoms with E-state index in [1.807, 2.05) is 0 Å². The summed E-state index contributed by atoms with van der Waals surface area (Å²) in [4.78, 5) is 21.8. The van der Waals surface area contributed by atoms with Gasteiger partial charge in [0.2, 0.25) is 5.91 Å². The van der Waals surface area contributed by atoms with Crippen molar-refractivity contribution in [2.24, 2.45) is 0 Å². The molecule has 140 valence electrons. The molecule has 0 bridgehead atoms. The van der Waals surface area contributed by atoms with E-state index in [1.54, 1.807) is 18.3 Å². The SMILES string of the molecule is CC(=O)NCCc1ccc(CN2CCN(c3nc(C)c(C)s3)CC2)cc1. The molecule has 0 aliphatic carbocycles. The molecule has 1 amide bonds. The van der Waals surface area contributed by atoms with Crippen LogP contribution in [0.4, 0.5) is 5.13 Å². The van der Waals surface area contributed by atoms with Crippen LogP contribution in [-0.2, 0) is 17.8 Å². The molecule has 1 aliphatic heterocycles. The Morgan fingerprint density at radius 1 is 1.12 bits per heavy atom. The molecule has 1 fully saturated rings. The van der Waals surface area contributed by atoms with Gasteiger partial charge in [0.1, 0.15) is 0 Å². The Labute approximate surface area is 160 Å². The zero-order valence-corrected chi connectivity index (χ0v) is 16.7. The Morgan fingerprint density at radius 3 is 2.35 bits per heavy atom. The van der Waals surface area contributed by atoms with Crippen LogP contribution in [0.15, 0.2) is 24.3 Å². The van der Waals surface area contributed by atoms with Crippen molar-refractivity contribution < 1.29 is 4.79 Å². The van der Waals surface area contributed by atoms with Gasteiger partial charge in [-0.3, -0.25) is 9.69 Å². The van der Waals surface area contributed by atoms with Crippen molar-refractivity contribution >= 4 is 22.4 Å². The molecule has 1 aromatic carbocycles. The van der Waals surface area contributed by atoms with Gasteiger partial charge in [0, 0.05) is 51.1 Å². The fourth-order valence-corrected chi connectivity index (χ4v) is 4.10. The zero-order chi connectivity index (χ0) is 18.5. The first kappa shape index (κ1) is 18.9. The van der Waals surface area contributed by atoms with Crippen molar-refractivity contribution in [2.45, 2.75) is 33.7 Å². The van der Waals surface area contributed by atoms with E-state index in [9.17, 15) is 4.79 Å². The summed E-state index contributed by atoms with van der Waals surface area (Å²) in [5.41, 5.74) is 3.77. The summed E-state index contributed by atoms with van der Waals surface area (Å²) in [6, 6.07) is 8.77. The zero-order valence-electron chi connectivity index (χ0n) is 15.9. The lowest BCUT2D eigenvalue weighted by atomic mass is 10.1. The number of piperazine rings is 1. The van der Waals surface area contributed by atoms with E-state index >= 15 is 0 Å². The first-order valence-electron chi connectivity index (χ1n) is 9.25. The number of thiazole rings is 1. The van der Waals surface area contributed by atoms with Crippen LogP contribution in [0, 0.1) is 13.8 Å². The molecule has 2 heterocycles. The number of carbonyl (C=O) groups excluding carboxylic acids is 1. The van der Waals surface area contributed by atoms with Crippen molar-refractivity contribution in [1.29, 1.82) is 0 Å². The topological polar surface area (TPSA) is 48.5 Å². The summed E-state index contributed by atoms with van der Waals surface area (Å²) in [5, 5.41) is 4.01. The Hall–Kier alpha value is -1.92. The highest BCUT2D eigenvalue weighted by Crippen LogP contribution is 2.26. The second kappa shape index (κ2) is 8.64. The van der Waals surface area contributed by atoms with Crippen LogP contribution in [0.2, 0.25) is 0 Å². The Balaban J connectivity index is 1.46. The molecule has 2 aromatic rings. The molecule has 1 aromatic heterocycles. The molecule has 6 heteroatoms. The van der Waals surface area contributed by atoms with Crippen LogP contribution in [0.5, 0.6) is 0 Å². The van der Waals surface area contributed by atoms with Gasteiger partial charge in [-0.1, -0.05) is 24.3 Å². The summed E-state index contributed by atoms with van der Waals surface area (Å²) >= 11 is 1.81. The number of aryl methyl sites for hydroxylation is 2. The third-order valence-corrected chi connectivity index (χ3v) is 6.01. The summed E-state index contributed by atoms with van der Waals surface area (Å²) < 4.78 is 0. The maximum Gasteiger partial charge on any atom is 0.216 e. The minimum Gasteiger partial charge on any atom is -0.356 e. The molecule has 3 rings (SSSR count). The highest BCUT2D eigenvalue weighted by atomic mass is 32.1. The number of amides is 1. The van der Waals surface area contributed by atoms with Gasteiger partial charge in [-0.2, -0.15) is 0 Å². The van der Waals surface area contributed by atoms with Gasteiger partial charge in [-0.15, -0.1) is 11.3 Å². The summed E-state index contributed by atoms with van der Waals surface area (Å²) in [7, 11) is 0. The van der Waals surface area contributed by atoms with Crippen LogP contribution in [0.25, 0.3) is 0 Å². The Morgan fingerprint density at radius 2 is 1.77 bits per heavy atom. The average Bonchev–Trinajstić information content (AvgIpc) is 2.96. The van der Waals surface area contributed by atoms with Crippen LogP contribution >= 0.6 is 11.3 Å². The van der Waals surface area contributed by atoms with Crippen LogP contribution in [-0.4, -0.2) is 48.5 Å². The summed E-state index contributed by atoms with van der Waals surface area (Å²) in [6.07, 6.45) is 0.880. The number of nitrogens with one attached hydrogen (secondary N) is 1. The number of benzene rings is 1. The molecular formula is C20H28N4OS. The molecule has 0 radical (unpaired) electrons. The predicted molar refractivity (Wildman–Crippen MR) is 108 cm³/mol. The van der Waals surface area contributed by atoms with Gasteiger partial charge in [-0.25, -0.2) is 4.98 Å². The molecule has 0 atom stereocenters. The highest BCUT2D eigenvalue weighted by Gasteiger charge is 2.20. The standard InChI is InChI=1S/C20H28N4OS/c1-15-16(2)26-20(22-15)24-12-10-23(11-13-24)14-19-6-4-18(5-7-19)8-9-21-17(3)25/h4-7H,8-14H2,1-3H3,(H,21,25).